The summed E-state index contributed by atoms with van der Waals surface area (Å²) in [7, 11) is 0. The van der Waals surface area contributed by atoms with Crippen LogP contribution in [0.3, 0.4) is 0 Å². The van der Waals surface area contributed by atoms with Crippen LogP contribution in [0, 0.1) is 0 Å². The van der Waals surface area contributed by atoms with Gasteiger partial charge in [0.1, 0.15) is 0 Å². The minimum Gasteiger partial charge on any atom is -0.466 e. The Balaban J connectivity index is 2.27. The molecule has 0 aromatic heterocycles. The van der Waals surface area contributed by atoms with Gasteiger partial charge in [0.15, 0.2) is 0 Å². The lowest BCUT2D eigenvalue weighted by atomic mass is 10.1. The normalized spacial score (nSPS) is 10.2. The summed E-state index contributed by atoms with van der Waals surface area (Å²) < 4.78 is 5.11. The number of aryl methyl sites for hydroxylation is 2. The summed E-state index contributed by atoms with van der Waals surface area (Å²) in [6, 6.07) is 8.44. The molecule has 2 nitrogen and oxygen atoms in total. The molecule has 0 unspecified atom stereocenters. The average Bonchev–Trinajstić information content (AvgIpc) is 2.37. The highest BCUT2D eigenvalue weighted by Crippen LogP contribution is 2.07. The molecule has 0 saturated heterocycles. The molecule has 0 aliphatic heterocycles. The molecule has 0 heterocycles. The molecule has 2 heteroatoms. The number of carbonyl (C=O) groups excluding carboxylic acids is 1. The molecule has 0 radical (unpaired) electrons. The highest BCUT2D eigenvalue weighted by molar-refractivity contribution is 5.69. The van der Waals surface area contributed by atoms with Gasteiger partial charge in [-0.3, -0.25) is 4.79 Å². The first-order chi connectivity index (χ1) is 8.26. The molecule has 0 fully saturated rings. The molecule has 0 spiro atoms. The molecule has 17 heavy (non-hydrogen) atoms. The average molecular weight is 234 g/mol. The van der Waals surface area contributed by atoms with Crippen LogP contribution in [0.15, 0.2) is 24.3 Å². The van der Waals surface area contributed by atoms with Gasteiger partial charge < -0.3 is 4.74 Å². The molecule has 0 atom stereocenters. The third kappa shape index (κ3) is 5.53. The number of unbranched alkanes of at least 4 members (excludes halogenated alkanes) is 1. The van der Waals surface area contributed by atoms with E-state index in [-0.39, 0.29) is 5.97 Å². The zero-order valence-electron chi connectivity index (χ0n) is 10.9. The lowest BCUT2D eigenvalue weighted by Gasteiger charge is -2.04. The van der Waals surface area contributed by atoms with E-state index in [0.717, 1.165) is 25.7 Å². The van der Waals surface area contributed by atoms with Gasteiger partial charge in [-0.2, -0.15) is 0 Å². The monoisotopic (exact) mass is 234 g/mol. The Bertz CT molecular complexity index is 327. The van der Waals surface area contributed by atoms with Crippen molar-refractivity contribution in [1.82, 2.24) is 0 Å². The third-order valence-electron chi connectivity index (χ3n) is 2.81. The summed E-state index contributed by atoms with van der Waals surface area (Å²) >= 11 is 0. The van der Waals surface area contributed by atoms with Gasteiger partial charge in [-0.25, -0.2) is 0 Å². The lowest BCUT2D eigenvalue weighted by Crippen LogP contribution is -2.06. The highest BCUT2D eigenvalue weighted by atomic mass is 16.5. The maximum Gasteiger partial charge on any atom is 0.306 e. The summed E-state index contributed by atoms with van der Waals surface area (Å²) in [5.74, 6) is -0.0852. The van der Waals surface area contributed by atoms with Gasteiger partial charge in [-0.05, 0) is 30.4 Å². The van der Waals surface area contributed by atoms with E-state index in [1.807, 2.05) is 0 Å². The maximum absolute atomic E-state index is 11.4. The van der Waals surface area contributed by atoms with Crippen molar-refractivity contribution in [3.8, 4) is 0 Å². The topological polar surface area (TPSA) is 26.3 Å². The minimum atomic E-state index is -0.0852. The molecule has 0 saturated carbocycles. The molecule has 0 amide bonds. The van der Waals surface area contributed by atoms with Gasteiger partial charge in [0.05, 0.1) is 6.61 Å². The van der Waals surface area contributed by atoms with Crippen LogP contribution in [-0.4, -0.2) is 12.6 Å². The van der Waals surface area contributed by atoms with E-state index >= 15 is 0 Å². The Morgan fingerprint density at radius 3 is 2.35 bits per heavy atom. The van der Waals surface area contributed by atoms with Gasteiger partial charge in [0, 0.05) is 6.42 Å². The van der Waals surface area contributed by atoms with Crippen molar-refractivity contribution in [3.05, 3.63) is 35.4 Å². The number of hydrogen-bond donors (Lipinski definition) is 0. The van der Waals surface area contributed by atoms with E-state index < -0.39 is 0 Å². The van der Waals surface area contributed by atoms with Crippen molar-refractivity contribution in [2.24, 2.45) is 0 Å². The van der Waals surface area contributed by atoms with Gasteiger partial charge in [0.2, 0.25) is 0 Å². The van der Waals surface area contributed by atoms with Crippen molar-refractivity contribution in [3.63, 3.8) is 0 Å². The Labute approximate surface area is 104 Å². The van der Waals surface area contributed by atoms with Crippen molar-refractivity contribution >= 4 is 5.97 Å². The van der Waals surface area contributed by atoms with Crippen molar-refractivity contribution in [2.45, 2.75) is 46.0 Å². The summed E-state index contributed by atoms with van der Waals surface area (Å²) in [6.45, 7) is 4.79. The Morgan fingerprint density at radius 2 is 1.76 bits per heavy atom. The summed E-state index contributed by atoms with van der Waals surface area (Å²) in [4.78, 5) is 11.4. The second-order valence-electron chi connectivity index (χ2n) is 4.24. The van der Waals surface area contributed by atoms with Gasteiger partial charge in [-0.1, -0.05) is 44.5 Å². The van der Waals surface area contributed by atoms with E-state index in [1.54, 1.807) is 0 Å². The van der Waals surface area contributed by atoms with Crippen LogP contribution in [0.2, 0.25) is 0 Å². The number of ether oxygens (including phenoxy) is 1. The molecular weight excluding hydrogens is 212 g/mol. The smallest absolute Gasteiger partial charge is 0.306 e. The quantitative estimate of drug-likeness (QED) is 0.533. The van der Waals surface area contributed by atoms with E-state index in [4.69, 9.17) is 4.74 Å². The van der Waals surface area contributed by atoms with Crippen molar-refractivity contribution < 1.29 is 9.53 Å². The zero-order chi connectivity index (χ0) is 12.5. The van der Waals surface area contributed by atoms with Crippen LogP contribution in [0.4, 0.5) is 0 Å². The largest absolute Gasteiger partial charge is 0.466 e. The second kappa shape index (κ2) is 7.88. The highest BCUT2D eigenvalue weighted by Gasteiger charge is 2.03. The molecule has 1 aromatic rings. The van der Waals surface area contributed by atoms with Crippen LogP contribution < -0.4 is 0 Å². The summed E-state index contributed by atoms with van der Waals surface area (Å²) in [5, 5.41) is 0. The fourth-order valence-corrected chi connectivity index (χ4v) is 1.59. The predicted molar refractivity (Wildman–Crippen MR) is 70.0 cm³/mol. The van der Waals surface area contributed by atoms with Gasteiger partial charge >= 0.3 is 5.97 Å². The predicted octanol–water partition coefficient (Wildman–Crippen LogP) is 3.52. The lowest BCUT2D eigenvalue weighted by molar-refractivity contribution is -0.143. The molecule has 1 aromatic carbocycles. The van der Waals surface area contributed by atoms with Crippen LogP contribution in [-0.2, 0) is 22.4 Å². The summed E-state index contributed by atoms with van der Waals surface area (Å²) in [5.41, 5.74) is 2.54. The van der Waals surface area contributed by atoms with Gasteiger partial charge in [0.25, 0.3) is 0 Å². The second-order valence-corrected chi connectivity index (χ2v) is 4.24. The van der Waals surface area contributed by atoms with Crippen LogP contribution in [0.25, 0.3) is 0 Å². The van der Waals surface area contributed by atoms with E-state index in [2.05, 4.69) is 38.1 Å². The minimum absolute atomic E-state index is 0.0852. The van der Waals surface area contributed by atoms with E-state index in [1.165, 1.54) is 11.1 Å². The molecular formula is C15H22O2. The Kier molecular flexibility index (Phi) is 6.38. The first kappa shape index (κ1) is 13.8. The SMILES string of the molecule is CCCCOC(=O)CCc1ccc(CC)cc1. The first-order valence-corrected chi connectivity index (χ1v) is 6.49. The van der Waals surface area contributed by atoms with Crippen molar-refractivity contribution in [1.29, 1.82) is 0 Å². The Hall–Kier alpha value is -1.31. The van der Waals surface area contributed by atoms with E-state index in [0.29, 0.717) is 13.0 Å². The number of hydrogen-bond acceptors (Lipinski definition) is 2. The fraction of sp³-hybridized carbons (Fsp3) is 0.533. The molecule has 94 valence electrons. The Morgan fingerprint density at radius 1 is 1.12 bits per heavy atom. The van der Waals surface area contributed by atoms with Crippen LogP contribution >= 0.6 is 0 Å². The van der Waals surface area contributed by atoms with Crippen molar-refractivity contribution in [2.75, 3.05) is 6.61 Å². The third-order valence-corrected chi connectivity index (χ3v) is 2.81. The maximum atomic E-state index is 11.4. The number of carbonyl (C=O) groups is 1. The van der Waals surface area contributed by atoms with Crippen LogP contribution in [0.1, 0.15) is 44.2 Å². The first-order valence-electron chi connectivity index (χ1n) is 6.49. The standard InChI is InChI=1S/C15H22O2/c1-3-5-12-17-15(16)11-10-14-8-6-13(4-2)7-9-14/h6-9H,3-5,10-12H2,1-2H3. The molecule has 1 rings (SSSR count). The zero-order valence-corrected chi connectivity index (χ0v) is 10.9. The van der Waals surface area contributed by atoms with Gasteiger partial charge in [-0.15, -0.1) is 0 Å². The number of rotatable bonds is 7. The van der Waals surface area contributed by atoms with Crippen LogP contribution in [0.5, 0.6) is 0 Å². The number of esters is 1. The molecule has 0 aliphatic carbocycles. The molecule has 0 N–H and O–H groups in total. The van der Waals surface area contributed by atoms with E-state index in [9.17, 15) is 4.79 Å². The fourth-order valence-electron chi connectivity index (χ4n) is 1.59. The summed E-state index contributed by atoms with van der Waals surface area (Å²) in [6.07, 6.45) is 4.33. The molecule has 0 aliphatic rings. The number of benzene rings is 1. The molecule has 0 bridgehead atoms.